The molecule has 1 aromatic rings. The molecule has 3 amide bonds. The van der Waals surface area contributed by atoms with E-state index in [1.54, 1.807) is 0 Å². The third-order valence-electron chi connectivity index (χ3n) is 4.67. The Labute approximate surface area is 154 Å². The number of rotatable bonds is 5. The van der Waals surface area contributed by atoms with Crippen molar-refractivity contribution in [3.63, 3.8) is 0 Å². The van der Waals surface area contributed by atoms with Crippen LogP contribution in [0.1, 0.15) is 30.9 Å². The highest BCUT2D eigenvalue weighted by atomic mass is 35.5. The highest BCUT2D eigenvalue weighted by Gasteiger charge is 2.31. The molecule has 0 saturated carbocycles. The van der Waals surface area contributed by atoms with E-state index in [1.807, 2.05) is 0 Å². The molecule has 2 heterocycles. The summed E-state index contributed by atoms with van der Waals surface area (Å²) in [5, 5.41) is 7.14. The maximum atomic E-state index is 14.5. The highest BCUT2D eigenvalue weighted by Crippen LogP contribution is 2.31. The minimum absolute atomic E-state index is 0.118. The normalized spacial score (nSPS) is 23.9. The summed E-state index contributed by atoms with van der Waals surface area (Å²) < 4.78 is 33.5. The molecule has 0 unspecified atom stereocenters. The lowest BCUT2D eigenvalue weighted by Gasteiger charge is -2.28. The fourth-order valence-electron chi connectivity index (χ4n) is 3.29. The van der Waals surface area contributed by atoms with Crippen molar-refractivity contribution < 1.29 is 23.1 Å². The number of benzene rings is 1. The van der Waals surface area contributed by atoms with E-state index < -0.39 is 40.7 Å². The monoisotopic (exact) mass is 387 g/mol. The molecule has 0 spiro atoms. The van der Waals surface area contributed by atoms with E-state index in [9.17, 15) is 18.4 Å². The summed E-state index contributed by atoms with van der Waals surface area (Å²) in [6.07, 6.45) is 2.21. The molecule has 2 aliphatic rings. The van der Waals surface area contributed by atoms with E-state index in [-0.39, 0.29) is 18.0 Å². The van der Waals surface area contributed by atoms with Crippen LogP contribution in [0.5, 0.6) is 0 Å². The molecular weight excluding hydrogens is 368 g/mol. The van der Waals surface area contributed by atoms with Crippen molar-refractivity contribution in [2.75, 3.05) is 19.8 Å². The number of carbonyl (C=O) groups is 2. The summed E-state index contributed by atoms with van der Waals surface area (Å²) in [6.45, 7) is 1.35. The summed E-state index contributed by atoms with van der Waals surface area (Å²) in [5.74, 6) is -2.05. The van der Waals surface area contributed by atoms with Crippen molar-refractivity contribution in [2.24, 2.45) is 5.92 Å². The zero-order valence-electron chi connectivity index (χ0n) is 14.0. The van der Waals surface area contributed by atoms with Gasteiger partial charge in [0.1, 0.15) is 22.7 Å². The Bertz CT molecular complexity index is 698. The van der Waals surface area contributed by atoms with Crippen LogP contribution in [0.3, 0.4) is 0 Å². The Morgan fingerprint density at radius 2 is 2.23 bits per heavy atom. The molecule has 0 bridgehead atoms. The maximum absolute atomic E-state index is 14.5. The Morgan fingerprint density at radius 1 is 1.42 bits per heavy atom. The van der Waals surface area contributed by atoms with Crippen molar-refractivity contribution in [1.82, 2.24) is 16.0 Å². The summed E-state index contributed by atoms with van der Waals surface area (Å²) in [6, 6.07) is 0.488. The minimum atomic E-state index is -0.887. The summed E-state index contributed by atoms with van der Waals surface area (Å²) in [4.78, 5) is 23.7. The first-order valence-corrected chi connectivity index (χ1v) is 8.89. The smallest absolute Gasteiger partial charge is 0.315 e. The van der Waals surface area contributed by atoms with Crippen LogP contribution in [0, 0.1) is 17.6 Å². The van der Waals surface area contributed by atoms with Crippen molar-refractivity contribution in [1.29, 1.82) is 0 Å². The topological polar surface area (TPSA) is 79.5 Å². The van der Waals surface area contributed by atoms with Crippen molar-refractivity contribution in [3.8, 4) is 0 Å². The summed E-state index contributed by atoms with van der Waals surface area (Å²) in [5.41, 5.74) is 0.118. The van der Waals surface area contributed by atoms with E-state index in [1.165, 1.54) is 6.07 Å². The van der Waals surface area contributed by atoms with Gasteiger partial charge in [0, 0.05) is 25.3 Å². The van der Waals surface area contributed by atoms with Gasteiger partial charge in [0.15, 0.2) is 0 Å². The van der Waals surface area contributed by atoms with Gasteiger partial charge in [-0.2, -0.15) is 0 Å². The third kappa shape index (κ3) is 4.24. The van der Waals surface area contributed by atoms with Crippen LogP contribution in [0.25, 0.3) is 0 Å². The number of hydrogen-bond donors (Lipinski definition) is 3. The standard InChI is InChI=1S/C17H20ClF2N3O3/c18-14-11(19)4-3-10(15(14)20)12(6-9-2-1-5-26-8-9)22-16(24)13-7-21-17(25)23-13/h3-4,9,12-13H,1-2,5-8H2,(H,22,24)(H2,21,23,25)/t9-,12-,13-/m0/s1. The lowest BCUT2D eigenvalue weighted by Crippen LogP contribution is -2.45. The van der Waals surface area contributed by atoms with Gasteiger partial charge in [0.05, 0.1) is 6.04 Å². The number of amides is 3. The van der Waals surface area contributed by atoms with Gasteiger partial charge >= 0.3 is 6.03 Å². The molecule has 2 fully saturated rings. The molecule has 3 atom stereocenters. The van der Waals surface area contributed by atoms with E-state index in [0.717, 1.165) is 18.9 Å². The van der Waals surface area contributed by atoms with Crippen molar-refractivity contribution in [3.05, 3.63) is 34.4 Å². The van der Waals surface area contributed by atoms with Crippen molar-refractivity contribution in [2.45, 2.75) is 31.3 Å². The molecule has 0 aliphatic carbocycles. The van der Waals surface area contributed by atoms with Crippen LogP contribution in [0.4, 0.5) is 13.6 Å². The van der Waals surface area contributed by atoms with Gasteiger partial charge in [0.2, 0.25) is 5.91 Å². The third-order valence-corrected chi connectivity index (χ3v) is 5.02. The lowest BCUT2D eigenvalue weighted by atomic mass is 9.90. The number of urea groups is 1. The first kappa shape index (κ1) is 18.8. The highest BCUT2D eigenvalue weighted by molar-refractivity contribution is 6.31. The molecule has 0 radical (unpaired) electrons. The average molecular weight is 388 g/mol. The second-order valence-corrected chi connectivity index (χ2v) is 6.93. The van der Waals surface area contributed by atoms with E-state index in [2.05, 4.69) is 16.0 Å². The van der Waals surface area contributed by atoms with Gasteiger partial charge in [-0.3, -0.25) is 4.79 Å². The fourth-order valence-corrected chi connectivity index (χ4v) is 3.46. The van der Waals surface area contributed by atoms with Gasteiger partial charge in [-0.1, -0.05) is 17.7 Å². The van der Waals surface area contributed by atoms with Crippen LogP contribution < -0.4 is 16.0 Å². The van der Waals surface area contributed by atoms with Crippen molar-refractivity contribution >= 4 is 23.5 Å². The molecule has 3 rings (SSSR count). The zero-order chi connectivity index (χ0) is 18.7. The Balaban J connectivity index is 1.80. The van der Waals surface area contributed by atoms with E-state index >= 15 is 0 Å². The molecule has 3 N–H and O–H groups in total. The van der Waals surface area contributed by atoms with Gasteiger partial charge < -0.3 is 20.7 Å². The maximum Gasteiger partial charge on any atom is 0.315 e. The predicted molar refractivity (Wildman–Crippen MR) is 90.7 cm³/mol. The second-order valence-electron chi connectivity index (χ2n) is 6.55. The second kappa shape index (κ2) is 8.18. The van der Waals surface area contributed by atoms with Gasteiger partial charge in [-0.05, 0) is 31.2 Å². The zero-order valence-corrected chi connectivity index (χ0v) is 14.7. The Kier molecular flexibility index (Phi) is 5.93. The molecular formula is C17H20ClF2N3O3. The van der Waals surface area contributed by atoms with E-state index in [4.69, 9.17) is 16.3 Å². The van der Waals surface area contributed by atoms with Crippen LogP contribution in [0.15, 0.2) is 12.1 Å². The predicted octanol–water partition coefficient (Wildman–Crippen LogP) is 2.27. The summed E-state index contributed by atoms with van der Waals surface area (Å²) >= 11 is 5.70. The van der Waals surface area contributed by atoms with Gasteiger partial charge in [0.25, 0.3) is 0 Å². The molecule has 1 aromatic carbocycles. The van der Waals surface area contributed by atoms with Crippen LogP contribution in [-0.2, 0) is 9.53 Å². The Hall–Kier alpha value is -1.93. The molecule has 2 saturated heterocycles. The van der Waals surface area contributed by atoms with Crippen LogP contribution in [-0.4, -0.2) is 37.7 Å². The number of carbonyl (C=O) groups excluding carboxylic acids is 2. The lowest BCUT2D eigenvalue weighted by molar-refractivity contribution is -0.123. The summed E-state index contributed by atoms with van der Waals surface area (Å²) in [7, 11) is 0. The van der Waals surface area contributed by atoms with Gasteiger partial charge in [-0.25, -0.2) is 13.6 Å². The first-order chi connectivity index (χ1) is 12.5. The Morgan fingerprint density at radius 3 is 2.88 bits per heavy atom. The quantitative estimate of drug-likeness (QED) is 0.678. The SMILES string of the molecule is O=C1NC[C@@H](C(=O)N[C@@H](C[C@@H]2CCCOC2)c2ccc(F)c(Cl)c2F)N1. The fraction of sp³-hybridized carbons (Fsp3) is 0.529. The number of nitrogens with one attached hydrogen (secondary N) is 3. The number of ether oxygens (including phenoxy) is 1. The average Bonchev–Trinajstić information content (AvgIpc) is 3.07. The van der Waals surface area contributed by atoms with E-state index in [0.29, 0.717) is 19.6 Å². The van der Waals surface area contributed by atoms with Gasteiger partial charge in [-0.15, -0.1) is 0 Å². The molecule has 0 aromatic heterocycles. The molecule has 9 heteroatoms. The molecule has 142 valence electrons. The first-order valence-electron chi connectivity index (χ1n) is 8.51. The number of halogens is 3. The van der Waals surface area contributed by atoms with Crippen LogP contribution in [0.2, 0.25) is 5.02 Å². The number of hydrogen-bond acceptors (Lipinski definition) is 3. The molecule has 6 nitrogen and oxygen atoms in total. The van der Waals surface area contributed by atoms with Crippen LogP contribution >= 0.6 is 11.6 Å². The molecule has 26 heavy (non-hydrogen) atoms. The minimum Gasteiger partial charge on any atom is -0.381 e. The largest absolute Gasteiger partial charge is 0.381 e. The molecule has 2 aliphatic heterocycles.